The quantitative estimate of drug-likeness (QED) is 0.227. The van der Waals surface area contributed by atoms with Gasteiger partial charge in [-0.3, -0.25) is 10.1 Å². The minimum absolute atomic E-state index is 0.173. The van der Waals surface area contributed by atoms with Gasteiger partial charge >= 0.3 is 0 Å². The number of aromatic nitrogens is 1. The molecular weight excluding hydrogens is 432 g/mol. The number of fused-ring (bicyclic) bond motifs is 1. The second-order valence-electron chi connectivity index (χ2n) is 8.06. The summed E-state index contributed by atoms with van der Waals surface area (Å²) in [6, 6.07) is 12.9. The Kier molecular flexibility index (Phi) is 7.10. The number of nitriles is 1. The fourth-order valence-electron chi connectivity index (χ4n) is 2.79. The third-order valence-electron chi connectivity index (χ3n) is 4.45. The molecule has 0 aliphatic carbocycles. The highest BCUT2D eigenvalue weighted by Gasteiger charge is 2.26. The number of benzene rings is 2. The van der Waals surface area contributed by atoms with Crippen LogP contribution in [0.25, 0.3) is 10.1 Å². The minimum Gasteiger partial charge on any atom is -0.333 e. The summed E-state index contributed by atoms with van der Waals surface area (Å²) < 4.78 is 5.19. The number of carbonyl (C=O) groups is 1. The van der Waals surface area contributed by atoms with Crippen molar-refractivity contribution in [2.24, 2.45) is 10.4 Å². The van der Waals surface area contributed by atoms with E-state index < -0.39 is 6.17 Å². The maximum Gasteiger partial charge on any atom is 0.226 e. The predicted octanol–water partition coefficient (Wildman–Crippen LogP) is 4.52. The van der Waals surface area contributed by atoms with Gasteiger partial charge in [-0.2, -0.15) is 9.64 Å². The number of rotatable bonds is 5. The predicted molar refractivity (Wildman–Crippen MR) is 126 cm³/mol. The number of halogens is 1. The largest absolute Gasteiger partial charge is 0.333 e. The second kappa shape index (κ2) is 9.77. The minimum atomic E-state index is -0.567. The van der Waals surface area contributed by atoms with E-state index in [0.29, 0.717) is 5.02 Å². The van der Waals surface area contributed by atoms with Gasteiger partial charge in [0.1, 0.15) is 6.17 Å². The number of hydrogen-bond acceptors (Lipinski definition) is 5. The molecule has 0 aliphatic rings. The summed E-state index contributed by atoms with van der Waals surface area (Å²) in [5.74, 6) is 0.0754. The van der Waals surface area contributed by atoms with Crippen LogP contribution in [0.15, 0.2) is 53.7 Å². The zero-order chi connectivity index (χ0) is 22.4. The molecule has 0 aliphatic heterocycles. The summed E-state index contributed by atoms with van der Waals surface area (Å²) >= 11 is 7.30. The van der Waals surface area contributed by atoms with E-state index in [0.717, 1.165) is 21.3 Å². The number of aliphatic imine (C=N–C) groups is 1. The average Bonchev–Trinajstić information content (AvgIpc) is 3.16. The molecule has 0 radical (unpaired) electrons. The van der Waals surface area contributed by atoms with Crippen molar-refractivity contribution in [1.82, 2.24) is 15.0 Å². The van der Waals surface area contributed by atoms with E-state index in [9.17, 15) is 10.1 Å². The van der Waals surface area contributed by atoms with Crippen molar-refractivity contribution in [2.45, 2.75) is 33.4 Å². The number of carbonyl (C=O) groups excluding carboxylic acids is 1. The maximum absolute atomic E-state index is 12.6. The lowest BCUT2D eigenvalue weighted by atomic mass is 9.92. The molecule has 3 aromatic rings. The molecule has 0 saturated carbocycles. The highest BCUT2D eigenvalue weighted by molar-refractivity contribution is 7.13. The number of hydrogen-bond donors (Lipinski definition) is 3. The van der Waals surface area contributed by atoms with E-state index in [1.54, 1.807) is 18.3 Å². The van der Waals surface area contributed by atoms with Crippen LogP contribution in [0.1, 0.15) is 26.3 Å². The van der Waals surface area contributed by atoms with Gasteiger partial charge in [0.15, 0.2) is 6.19 Å². The first-order valence-corrected chi connectivity index (χ1v) is 10.8. The Labute approximate surface area is 190 Å². The van der Waals surface area contributed by atoms with E-state index in [1.807, 2.05) is 57.3 Å². The molecule has 0 saturated heterocycles. The average molecular weight is 455 g/mol. The van der Waals surface area contributed by atoms with Crippen LogP contribution in [0.5, 0.6) is 0 Å². The Balaban J connectivity index is 1.78. The number of amides is 1. The number of nitrogens with zero attached hydrogens (tertiary/aromatic N) is 3. The summed E-state index contributed by atoms with van der Waals surface area (Å²) in [6.07, 6.45) is 3.34. The number of guanidine groups is 1. The smallest absolute Gasteiger partial charge is 0.226 e. The molecule has 0 bridgehead atoms. The van der Waals surface area contributed by atoms with Crippen molar-refractivity contribution in [3.63, 3.8) is 0 Å². The lowest BCUT2D eigenvalue weighted by molar-refractivity contribution is -0.121. The highest BCUT2D eigenvalue weighted by atomic mass is 35.5. The lowest BCUT2D eigenvalue weighted by Gasteiger charge is -2.29. The van der Waals surface area contributed by atoms with Gasteiger partial charge in [-0.05, 0) is 47.4 Å². The van der Waals surface area contributed by atoms with Crippen molar-refractivity contribution in [2.75, 3.05) is 5.32 Å². The zero-order valence-corrected chi connectivity index (χ0v) is 19.0. The van der Waals surface area contributed by atoms with Crippen molar-refractivity contribution in [1.29, 1.82) is 5.26 Å². The molecule has 1 aromatic heterocycles. The topological polar surface area (TPSA) is 102 Å². The van der Waals surface area contributed by atoms with Gasteiger partial charge in [0.2, 0.25) is 11.9 Å². The SMILES string of the molecule is CC(C)(C)C(/N=C(\NC#N)Nc1ccc2cnsc2c1)NC(=O)Cc1ccc(Cl)cc1. The molecule has 1 atom stereocenters. The molecule has 1 unspecified atom stereocenters. The maximum atomic E-state index is 12.6. The molecule has 160 valence electrons. The van der Waals surface area contributed by atoms with E-state index >= 15 is 0 Å². The molecule has 7 nitrogen and oxygen atoms in total. The monoisotopic (exact) mass is 454 g/mol. The molecular formula is C22H23ClN6OS. The van der Waals surface area contributed by atoms with E-state index in [-0.39, 0.29) is 23.7 Å². The Morgan fingerprint density at radius 1 is 1.26 bits per heavy atom. The number of anilines is 1. The lowest BCUT2D eigenvalue weighted by Crippen LogP contribution is -2.45. The molecule has 1 heterocycles. The third-order valence-corrected chi connectivity index (χ3v) is 5.46. The molecule has 3 rings (SSSR count). The first kappa shape index (κ1) is 22.5. The van der Waals surface area contributed by atoms with Gasteiger partial charge in [0.05, 0.1) is 11.1 Å². The Hall–Kier alpha value is -3.15. The van der Waals surface area contributed by atoms with Crippen LogP contribution in [0.3, 0.4) is 0 Å². The second-order valence-corrected chi connectivity index (χ2v) is 9.33. The normalized spacial score (nSPS) is 12.8. The summed E-state index contributed by atoms with van der Waals surface area (Å²) in [5, 5.41) is 19.5. The van der Waals surface area contributed by atoms with E-state index in [1.165, 1.54) is 11.5 Å². The summed E-state index contributed by atoms with van der Waals surface area (Å²) in [6.45, 7) is 5.91. The van der Waals surface area contributed by atoms with E-state index in [4.69, 9.17) is 11.6 Å². The Morgan fingerprint density at radius 3 is 2.68 bits per heavy atom. The van der Waals surface area contributed by atoms with Gasteiger partial charge in [-0.15, -0.1) is 0 Å². The van der Waals surface area contributed by atoms with Crippen LogP contribution in [0, 0.1) is 16.9 Å². The molecule has 1 amide bonds. The van der Waals surface area contributed by atoms with Crippen LogP contribution in [-0.2, 0) is 11.2 Å². The Morgan fingerprint density at radius 2 is 2.00 bits per heavy atom. The summed E-state index contributed by atoms with van der Waals surface area (Å²) in [4.78, 5) is 17.2. The molecule has 2 aromatic carbocycles. The van der Waals surface area contributed by atoms with Gasteiger partial charge in [-0.25, -0.2) is 4.99 Å². The highest BCUT2D eigenvalue weighted by Crippen LogP contribution is 2.23. The van der Waals surface area contributed by atoms with Crippen LogP contribution < -0.4 is 16.0 Å². The van der Waals surface area contributed by atoms with Crippen LogP contribution in [0.4, 0.5) is 5.69 Å². The standard InChI is InChI=1S/C22H23ClN6OS/c1-22(2,3)20(28-19(30)10-14-4-7-16(23)8-5-14)29-21(25-13-24)27-17-9-6-15-12-26-31-18(15)11-17/h4-9,11-12,20H,10H2,1-3H3,(H,28,30)(H2,25,27,29). The van der Waals surface area contributed by atoms with Crippen LogP contribution in [0.2, 0.25) is 5.02 Å². The first-order valence-electron chi connectivity index (χ1n) is 9.63. The first-order chi connectivity index (χ1) is 14.7. The van der Waals surface area contributed by atoms with Gasteiger partial charge < -0.3 is 10.6 Å². The zero-order valence-electron chi connectivity index (χ0n) is 17.4. The molecule has 0 fully saturated rings. The van der Waals surface area contributed by atoms with Crippen molar-refractivity contribution < 1.29 is 4.79 Å². The molecule has 31 heavy (non-hydrogen) atoms. The van der Waals surface area contributed by atoms with Gasteiger partial charge in [0.25, 0.3) is 0 Å². The van der Waals surface area contributed by atoms with Gasteiger partial charge in [0, 0.05) is 27.7 Å². The van der Waals surface area contributed by atoms with Crippen molar-refractivity contribution in [3.05, 3.63) is 59.2 Å². The van der Waals surface area contributed by atoms with Gasteiger partial charge in [-0.1, -0.05) is 44.5 Å². The van der Waals surface area contributed by atoms with Crippen molar-refractivity contribution in [3.8, 4) is 6.19 Å². The number of nitrogens with one attached hydrogen (secondary N) is 3. The Bertz CT molecular complexity index is 1130. The molecule has 9 heteroatoms. The fourth-order valence-corrected chi connectivity index (χ4v) is 3.60. The van der Waals surface area contributed by atoms with Crippen LogP contribution in [-0.4, -0.2) is 22.4 Å². The van der Waals surface area contributed by atoms with Crippen molar-refractivity contribution >= 4 is 50.8 Å². The fraction of sp³-hybridized carbons (Fsp3) is 0.273. The van der Waals surface area contributed by atoms with Crippen LogP contribution >= 0.6 is 23.1 Å². The third kappa shape index (κ3) is 6.41. The summed E-state index contributed by atoms with van der Waals surface area (Å²) in [5.41, 5.74) is 1.23. The summed E-state index contributed by atoms with van der Waals surface area (Å²) in [7, 11) is 0. The molecule has 0 spiro atoms. The van der Waals surface area contributed by atoms with E-state index in [2.05, 4.69) is 25.3 Å². The molecule has 3 N–H and O–H groups in total.